The third kappa shape index (κ3) is 8.59. The first kappa shape index (κ1) is 25.1. The van der Waals surface area contributed by atoms with Crippen LogP contribution in [0.5, 0.6) is 0 Å². The maximum atomic E-state index is 11.9. The van der Waals surface area contributed by atoms with Crippen molar-refractivity contribution in [2.24, 2.45) is 16.6 Å². The molecule has 0 saturated carbocycles. The van der Waals surface area contributed by atoms with Crippen molar-refractivity contribution in [1.82, 2.24) is 10.6 Å². The average molecular weight is 417 g/mol. The zero-order chi connectivity index (χ0) is 22.5. The van der Waals surface area contributed by atoms with Crippen LogP contribution in [0.2, 0.25) is 0 Å². The van der Waals surface area contributed by atoms with Crippen LogP contribution in [0.4, 0.5) is 5.69 Å². The quantitative estimate of drug-likeness (QED) is 0.316. The molecule has 2 amide bonds. The molecule has 1 aromatic carbocycles. The number of nitrogens with one attached hydrogen (secondary N) is 2. The van der Waals surface area contributed by atoms with Gasteiger partial charge in [-0.25, -0.2) is 0 Å². The number of para-hydroxylation sites is 1. The Labute approximate surface area is 178 Å². The summed E-state index contributed by atoms with van der Waals surface area (Å²) < 4.78 is 10.0. The number of hydrogen-bond donors (Lipinski definition) is 3. The lowest BCUT2D eigenvalue weighted by Gasteiger charge is -2.22. The summed E-state index contributed by atoms with van der Waals surface area (Å²) in [7, 11) is 1.56. The van der Waals surface area contributed by atoms with Crippen LogP contribution in [0.25, 0.3) is 5.70 Å². The molecule has 8 nitrogen and oxygen atoms in total. The van der Waals surface area contributed by atoms with Crippen LogP contribution < -0.4 is 16.4 Å². The Bertz CT molecular complexity index is 774. The van der Waals surface area contributed by atoms with E-state index in [0.29, 0.717) is 30.3 Å². The van der Waals surface area contributed by atoms with Gasteiger partial charge in [0.15, 0.2) is 0 Å². The van der Waals surface area contributed by atoms with E-state index < -0.39 is 11.9 Å². The third-order valence-electron chi connectivity index (χ3n) is 4.16. The van der Waals surface area contributed by atoms with Crippen molar-refractivity contribution in [1.29, 1.82) is 0 Å². The van der Waals surface area contributed by atoms with E-state index in [9.17, 15) is 9.59 Å². The molecule has 0 spiro atoms. The average Bonchev–Trinajstić information content (AvgIpc) is 2.72. The predicted octanol–water partition coefficient (Wildman–Crippen LogP) is 1.79. The van der Waals surface area contributed by atoms with Gasteiger partial charge < -0.3 is 25.8 Å². The van der Waals surface area contributed by atoms with E-state index in [1.807, 2.05) is 38.1 Å². The minimum atomic E-state index is -0.550. The summed E-state index contributed by atoms with van der Waals surface area (Å²) in [4.78, 5) is 28.1. The molecule has 30 heavy (non-hydrogen) atoms. The van der Waals surface area contributed by atoms with E-state index in [-0.39, 0.29) is 25.0 Å². The molecule has 0 saturated heterocycles. The highest BCUT2D eigenvalue weighted by molar-refractivity contribution is 6.00. The second-order valence-corrected chi connectivity index (χ2v) is 6.89. The molecule has 4 N–H and O–H groups in total. The Morgan fingerprint density at radius 3 is 2.57 bits per heavy atom. The number of primary amides is 1. The number of hydrogen-bond acceptors (Lipinski definition) is 6. The number of ether oxygens (including phenoxy) is 2. The molecule has 0 unspecified atom stereocenters. The smallest absolute Gasteiger partial charge is 0.246 e. The lowest BCUT2D eigenvalue weighted by atomic mass is 10.0. The largest absolute Gasteiger partial charge is 0.382 e. The van der Waals surface area contributed by atoms with E-state index in [0.717, 1.165) is 5.56 Å². The number of aliphatic imine (C=N–C) groups is 1. The van der Waals surface area contributed by atoms with Gasteiger partial charge in [-0.1, -0.05) is 45.2 Å². The summed E-state index contributed by atoms with van der Waals surface area (Å²) >= 11 is 0. The number of carbonyl (C=O) groups is 2. The number of carbonyl (C=O) groups excluding carboxylic acids is 2. The zero-order valence-corrected chi connectivity index (χ0v) is 17.9. The molecule has 0 aliphatic carbocycles. The van der Waals surface area contributed by atoms with Gasteiger partial charge in [0.2, 0.25) is 11.8 Å². The van der Waals surface area contributed by atoms with Gasteiger partial charge >= 0.3 is 0 Å². The Hall–Kier alpha value is -2.97. The Kier molecular flexibility index (Phi) is 11.1. The molecule has 0 aliphatic heterocycles. The van der Waals surface area contributed by atoms with Crippen molar-refractivity contribution in [2.75, 3.05) is 33.5 Å². The van der Waals surface area contributed by atoms with Crippen molar-refractivity contribution in [3.05, 3.63) is 49.1 Å². The first-order valence-corrected chi connectivity index (χ1v) is 9.67. The molecule has 0 bridgehead atoms. The van der Waals surface area contributed by atoms with Gasteiger partial charge in [-0.3, -0.25) is 14.6 Å². The summed E-state index contributed by atoms with van der Waals surface area (Å²) in [5.74, 6) is -0.712. The lowest BCUT2D eigenvalue weighted by molar-refractivity contribution is -0.125. The van der Waals surface area contributed by atoms with Crippen LogP contribution in [0, 0.1) is 5.92 Å². The molecule has 0 fully saturated rings. The second kappa shape index (κ2) is 13.3. The van der Waals surface area contributed by atoms with E-state index in [1.165, 1.54) is 0 Å². The minimum absolute atomic E-state index is 0.0000280. The molecule has 1 aromatic rings. The zero-order valence-electron chi connectivity index (χ0n) is 17.9. The number of nitrogens with two attached hydrogens (primary N) is 1. The van der Waals surface area contributed by atoms with E-state index in [4.69, 9.17) is 15.2 Å². The minimum Gasteiger partial charge on any atom is -0.382 e. The van der Waals surface area contributed by atoms with Gasteiger partial charge in [0.25, 0.3) is 0 Å². The fraction of sp³-hybridized carbons (Fsp3) is 0.409. The molecule has 8 heteroatoms. The molecule has 0 aliphatic rings. The Morgan fingerprint density at radius 1 is 1.27 bits per heavy atom. The van der Waals surface area contributed by atoms with Crippen molar-refractivity contribution >= 4 is 28.9 Å². The highest BCUT2D eigenvalue weighted by Gasteiger charge is 2.20. The molecule has 0 aromatic heterocycles. The van der Waals surface area contributed by atoms with E-state index in [1.54, 1.807) is 13.2 Å². The summed E-state index contributed by atoms with van der Waals surface area (Å²) in [6.07, 6.45) is 1.57. The van der Waals surface area contributed by atoms with Crippen molar-refractivity contribution in [3.63, 3.8) is 0 Å². The predicted molar refractivity (Wildman–Crippen MR) is 119 cm³/mol. The maximum absolute atomic E-state index is 11.9. The molecular formula is C22H32N4O4. The number of nitrogens with zero attached hydrogens (tertiary/aromatic N) is 1. The SMILES string of the molecule is C=CC(CNC(=O)COCCOC)=Nc1ccccc1C(=C)N[C@H](C(N)=O)C(C)C. The maximum Gasteiger partial charge on any atom is 0.246 e. The van der Waals surface area contributed by atoms with Gasteiger partial charge in [-0.05, 0) is 18.1 Å². The molecule has 0 heterocycles. The van der Waals surface area contributed by atoms with E-state index in [2.05, 4.69) is 28.8 Å². The van der Waals surface area contributed by atoms with Crippen LogP contribution in [0.15, 0.2) is 48.5 Å². The fourth-order valence-electron chi connectivity index (χ4n) is 2.52. The van der Waals surface area contributed by atoms with Gasteiger partial charge in [0, 0.05) is 18.4 Å². The van der Waals surface area contributed by atoms with E-state index >= 15 is 0 Å². The molecule has 164 valence electrons. The van der Waals surface area contributed by atoms with Crippen LogP contribution in [-0.2, 0) is 19.1 Å². The summed E-state index contributed by atoms with van der Waals surface area (Å²) in [6.45, 7) is 12.5. The fourth-order valence-corrected chi connectivity index (χ4v) is 2.52. The Morgan fingerprint density at radius 2 is 1.97 bits per heavy atom. The van der Waals surface area contributed by atoms with Gasteiger partial charge in [-0.15, -0.1) is 0 Å². The molecule has 1 rings (SSSR count). The molecule has 0 radical (unpaired) electrons. The number of amides is 2. The first-order valence-electron chi connectivity index (χ1n) is 9.67. The van der Waals surface area contributed by atoms with Crippen molar-refractivity contribution < 1.29 is 19.1 Å². The number of methoxy groups -OCH3 is 1. The van der Waals surface area contributed by atoms with Crippen molar-refractivity contribution in [2.45, 2.75) is 19.9 Å². The van der Waals surface area contributed by atoms with Gasteiger partial charge in [-0.2, -0.15) is 0 Å². The monoisotopic (exact) mass is 416 g/mol. The number of benzene rings is 1. The normalized spacial score (nSPS) is 12.3. The topological polar surface area (TPSA) is 115 Å². The van der Waals surface area contributed by atoms with Crippen LogP contribution >= 0.6 is 0 Å². The highest BCUT2D eigenvalue weighted by Crippen LogP contribution is 2.25. The summed E-state index contributed by atoms with van der Waals surface area (Å²) in [5.41, 5.74) is 7.93. The summed E-state index contributed by atoms with van der Waals surface area (Å²) in [5, 5.41) is 5.82. The lowest BCUT2D eigenvalue weighted by Crippen LogP contribution is -2.43. The molecular weight excluding hydrogens is 384 g/mol. The first-order chi connectivity index (χ1) is 14.3. The Balaban J connectivity index is 2.86. The van der Waals surface area contributed by atoms with Crippen LogP contribution in [0.1, 0.15) is 19.4 Å². The second-order valence-electron chi connectivity index (χ2n) is 6.89. The summed E-state index contributed by atoms with van der Waals surface area (Å²) in [6, 6.07) is 6.80. The van der Waals surface area contributed by atoms with Crippen LogP contribution in [-0.4, -0.2) is 57.0 Å². The van der Waals surface area contributed by atoms with Gasteiger partial charge in [0.05, 0.1) is 31.2 Å². The van der Waals surface area contributed by atoms with Crippen LogP contribution in [0.3, 0.4) is 0 Å². The molecule has 1 atom stereocenters. The highest BCUT2D eigenvalue weighted by atomic mass is 16.5. The van der Waals surface area contributed by atoms with Crippen molar-refractivity contribution in [3.8, 4) is 0 Å². The standard InChI is InChI=1S/C22H32N4O4/c1-6-17(13-24-20(27)14-30-12-11-29-5)26-19-10-8-7-9-18(19)16(4)25-21(15(2)3)22(23)28/h6-10,15,21,25H,1,4,11-14H2,2-3,5H3,(H2,23,28)(H,24,27)/t21-/m0/s1. The third-order valence-corrected chi connectivity index (χ3v) is 4.16. The van der Waals surface area contributed by atoms with Gasteiger partial charge in [0.1, 0.15) is 12.6 Å². The number of rotatable bonds is 14.